The first-order valence-electron chi connectivity index (χ1n) is 12.8. The number of carbonyl (C=O) groups is 2. The third kappa shape index (κ3) is 5.97. The molecule has 0 saturated carbocycles. The summed E-state index contributed by atoms with van der Waals surface area (Å²) < 4.78 is 10.6. The number of methoxy groups -OCH3 is 1. The van der Waals surface area contributed by atoms with Gasteiger partial charge in [0.15, 0.2) is 0 Å². The van der Waals surface area contributed by atoms with Gasteiger partial charge in [0.25, 0.3) is 0 Å². The van der Waals surface area contributed by atoms with Crippen molar-refractivity contribution in [3.8, 4) is 28.0 Å². The molecule has 0 saturated heterocycles. The molecule has 0 atom stereocenters. The molecule has 0 bridgehead atoms. The largest absolute Gasteiger partial charge is 0.465 e. The minimum absolute atomic E-state index is 0.272. The minimum atomic E-state index is -0.545. The number of benzene rings is 5. The van der Waals surface area contributed by atoms with E-state index >= 15 is 0 Å². The fourth-order valence-electron chi connectivity index (χ4n) is 4.61. The molecule has 0 heterocycles. The highest BCUT2D eigenvalue weighted by atomic mass is 16.5. The van der Waals surface area contributed by atoms with Crippen LogP contribution in [-0.4, -0.2) is 19.0 Å². The summed E-state index contributed by atoms with van der Waals surface area (Å²) in [4.78, 5) is 25.0. The van der Waals surface area contributed by atoms with E-state index in [0.29, 0.717) is 11.3 Å². The lowest BCUT2D eigenvalue weighted by Gasteiger charge is -2.14. The van der Waals surface area contributed by atoms with Crippen molar-refractivity contribution < 1.29 is 19.1 Å². The van der Waals surface area contributed by atoms with Crippen LogP contribution in [0.4, 0.5) is 0 Å². The highest BCUT2D eigenvalue weighted by Gasteiger charge is 2.16. The van der Waals surface area contributed by atoms with Crippen LogP contribution in [0, 0.1) is 6.92 Å². The number of rotatable bonds is 7. The van der Waals surface area contributed by atoms with Gasteiger partial charge in [0.05, 0.1) is 18.2 Å². The lowest BCUT2D eigenvalue weighted by atomic mass is 9.94. The van der Waals surface area contributed by atoms with Crippen molar-refractivity contribution in [3.05, 3.63) is 149 Å². The third-order valence-electron chi connectivity index (χ3n) is 6.65. The zero-order chi connectivity index (χ0) is 27.2. The van der Waals surface area contributed by atoms with Gasteiger partial charge in [-0.3, -0.25) is 0 Å². The van der Waals surface area contributed by atoms with Crippen molar-refractivity contribution in [1.29, 1.82) is 0 Å². The Morgan fingerprint density at radius 1 is 0.590 bits per heavy atom. The van der Waals surface area contributed by atoms with Crippen LogP contribution in [0.5, 0.6) is 5.75 Å². The average molecular weight is 513 g/mol. The van der Waals surface area contributed by atoms with Crippen molar-refractivity contribution in [2.75, 3.05) is 7.11 Å². The Kier molecular flexibility index (Phi) is 7.65. The Balaban J connectivity index is 1.46. The van der Waals surface area contributed by atoms with Crippen LogP contribution >= 0.6 is 0 Å². The fraction of sp³-hybridized carbons (Fsp3) is 0.0857. The second-order valence-electron chi connectivity index (χ2n) is 9.35. The van der Waals surface area contributed by atoms with Gasteiger partial charge in [-0.15, -0.1) is 0 Å². The molecule has 5 aromatic carbocycles. The molecule has 0 fully saturated rings. The minimum Gasteiger partial charge on any atom is -0.465 e. The third-order valence-corrected chi connectivity index (χ3v) is 6.65. The molecule has 4 heteroatoms. The van der Waals surface area contributed by atoms with Crippen LogP contribution in [0.2, 0.25) is 0 Å². The molecule has 5 aromatic rings. The monoisotopic (exact) mass is 512 g/mol. The molecule has 0 spiro atoms. The van der Waals surface area contributed by atoms with Gasteiger partial charge < -0.3 is 9.47 Å². The van der Waals surface area contributed by atoms with Gasteiger partial charge in [-0.2, -0.15) is 0 Å². The Labute approximate surface area is 228 Å². The van der Waals surface area contributed by atoms with Gasteiger partial charge >= 0.3 is 11.9 Å². The molecule has 0 aliphatic heterocycles. The molecule has 0 N–H and O–H groups in total. The number of esters is 2. The Morgan fingerprint density at radius 2 is 1.15 bits per heavy atom. The van der Waals surface area contributed by atoms with Gasteiger partial charge in [0.2, 0.25) is 0 Å². The summed E-state index contributed by atoms with van der Waals surface area (Å²) in [6, 6.07) is 39.0. The van der Waals surface area contributed by atoms with E-state index in [9.17, 15) is 9.59 Å². The maximum absolute atomic E-state index is 13.1. The van der Waals surface area contributed by atoms with E-state index in [2.05, 4.69) is 55.5 Å². The number of hydrogen-bond acceptors (Lipinski definition) is 4. The molecule has 0 aliphatic rings. The van der Waals surface area contributed by atoms with Gasteiger partial charge in [0, 0.05) is 5.56 Å². The summed E-state index contributed by atoms with van der Waals surface area (Å²) in [7, 11) is 1.31. The number of carbonyl (C=O) groups excluding carboxylic acids is 2. The Bertz CT molecular complexity index is 1620. The molecule has 4 nitrogen and oxygen atoms in total. The number of hydrogen-bond donors (Lipinski definition) is 0. The normalized spacial score (nSPS) is 10.6. The van der Waals surface area contributed by atoms with E-state index < -0.39 is 11.9 Å². The first kappa shape index (κ1) is 25.7. The lowest BCUT2D eigenvalue weighted by Crippen LogP contribution is -2.11. The molecule has 0 aromatic heterocycles. The topological polar surface area (TPSA) is 52.6 Å². The van der Waals surface area contributed by atoms with E-state index in [1.807, 2.05) is 48.5 Å². The van der Waals surface area contributed by atoms with Crippen LogP contribution in [0.3, 0.4) is 0 Å². The maximum Gasteiger partial charge on any atom is 0.343 e. The first-order chi connectivity index (χ1) is 19.0. The standard InChI is InChI=1S/C35H28O4/c1-24-16-17-25(21-31(24)27-10-5-3-6-11-27)20-26-18-19-33(32(22-26)28-12-7-4-8-13-28)39-35(37)30-15-9-14-29(23-30)34(36)38-2/h3-19,21-23H,20H2,1-2H3. The molecule has 39 heavy (non-hydrogen) atoms. The Morgan fingerprint density at radius 3 is 1.79 bits per heavy atom. The molecule has 5 rings (SSSR count). The molecule has 0 amide bonds. The van der Waals surface area contributed by atoms with Crippen LogP contribution in [-0.2, 0) is 11.2 Å². The van der Waals surface area contributed by atoms with Gasteiger partial charge in [-0.25, -0.2) is 9.59 Å². The van der Waals surface area contributed by atoms with Crippen molar-refractivity contribution in [1.82, 2.24) is 0 Å². The molecular formula is C35H28O4. The van der Waals surface area contributed by atoms with Gasteiger partial charge in [-0.05, 0) is 77.1 Å². The van der Waals surface area contributed by atoms with E-state index in [1.165, 1.54) is 35.4 Å². The summed E-state index contributed by atoms with van der Waals surface area (Å²) in [6.07, 6.45) is 0.731. The summed E-state index contributed by atoms with van der Waals surface area (Å²) in [6.45, 7) is 2.13. The van der Waals surface area contributed by atoms with E-state index in [-0.39, 0.29) is 5.56 Å². The molecule has 0 aliphatic carbocycles. The summed E-state index contributed by atoms with van der Waals surface area (Å²) in [5.74, 6) is -0.602. The molecular weight excluding hydrogens is 484 g/mol. The first-order valence-corrected chi connectivity index (χ1v) is 12.8. The lowest BCUT2D eigenvalue weighted by molar-refractivity contribution is 0.0600. The maximum atomic E-state index is 13.1. The van der Waals surface area contributed by atoms with Crippen LogP contribution in [0.15, 0.2) is 121 Å². The summed E-state index contributed by atoms with van der Waals surface area (Å²) in [5, 5.41) is 0. The second-order valence-corrected chi connectivity index (χ2v) is 9.35. The Hall–Kier alpha value is -4.96. The van der Waals surface area contributed by atoms with Crippen LogP contribution < -0.4 is 4.74 Å². The van der Waals surface area contributed by atoms with E-state index in [4.69, 9.17) is 9.47 Å². The average Bonchev–Trinajstić information content (AvgIpc) is 2.99. The summed E-state index contributed by atoms with van der Waals surface area (Å²) in [5.41, 5.74) is 8.27. The van der Waals surface area contributed by atoms with Crippen molar-refractivity contribution in [2.45, 2.75) is 13.3 Å². The number of aryl methyl sites for hydroxylation is 1. The zero-order valence-electron chi connectivity index (χ0n) is 21.9. The van der Waals surface area contributed by atoms with E-state index in [0.717, 1.165) is 23.1 Å². The fourth-order valence-corrected chi connectivity index (χ4v) is 4.61. The van der Waals surface area contributed by atoms with E-state index in [1.54, 1.807) is 18.2 Å². The van der Waals surface area contributed by atoms with Gasteiger partial charge in [0.1, 0.15) is 5.75 Å². The van der Waals surface area contributed by atoms with Crippen LogP contribution in [0.25, 0.3) is 22.3 Å². The molecule has 0 unspecified atom stereocenters. The predicted molar refractivity (Wildman–Crippen MR) is 154 cm³/mol. The SMILES string of the molecule is COC(=O)c1cccc(C(=O)Oc2ccc(Cc3ccc(C)c(-c4ccccc4)c3)cc2-c2ccccc2)c1. The highest BCUT2D eigenvalue weighted by molar-refractivity contribution is 5.96. The smallest absolute Gasteiger partial charge is 0.343 e. The molecule has 192 valence electrons. The van der Waals surface area contributed by atoms with Crippen molar-refractivity contribution in [2.24, 2.45) is 0 Å². The predicted octanol–water partition coefficient (Wildman–Crippen LogP) is 7.93. The number of ether oxygens (including phenoxy) is 2. The molecule has 0 radical (unpaired) electrons. The second kappa shape index (κ2) is 11.6. The summed E-state index contributed by atoms with van der Waals surface area (Å²) >= 11 is 0. The van der Waals surface area contributed by atoms with Crippen LogP contribution in [0.1, 0.15) is 37.4 Å². The quantitative estimate of drug-likeness (QED) is 0.164. The zero-order valence-corrected chi connectivity index (χ0v) is 21.9. The highest BCUT2D eigenvalue weighted by Crippen LogP contribution is 2.33. The van der Waals surface area contributed by atoms with Crippen molar-refractivity contribution in [3.63, 3.8) is 0 Å². The van der Waals surface area contributed by atoms with Crippen molar-refractivity contribution >= 4 is 11.9 Å². The van der Waals surface area contributed by atoms with Gasteiger partial charge in [-0.1, -0.05) is 91.0 Å².